The van der Waals surface area contributed by atoms with Crippen LogP contribution in [0.3, 0.4) is 0 Å². The molecule has 3 aromatic carbocycles. The number of halogens is 1. The Morgan fingerprint density at radius 1 is 0.852 bits per heavy atom. The van der Waals surface area contributed by atoms with E-state index in [9.17, 15) is 9.59 Å². The maximum atomic E-state index is 12.6. The van der Waals surface area contributed by atoms with Gasteiger partial charge in [0.05, 0.1) is 11.3 Å². The number of para-hydroxylation sites is 1. The van der Waals surface area contributed by atoms with Crippen molar-refractivity contribution in [3.63, 3.8) is 0 Å². The molecule has 0 aliphatic carbocycles. The lowest BCUT2D eigenvalue weighted by atomic mass is 10.1. The summed E-state index contributed by atoms with van der Waals surface area (Å²) in [5.74, 6) is -0.497. The number of amides is 2. The summed E-state index contributed by atoms with van der Waals surface area (Å²) in [4.78, 5) is 25.1. The quantitative estimate of drug-likeness (QED) is 0.611. The van der Waals surface area contributed by atoms with E-state index >= 15 is 0 Å². The van der Waals surface area contributed by atoms with Gasteiger partial charge < -0.3 is 10.6 Å². The van der Waals surface area contributed by atoms with Crippen molar-refractivity contribution in [3.8, 4) is 0 Å². The molecule has 0 atom stereocenters. The number of rotatable bonds is 5. The Bertz CT molecular complexity index is 951. The maximum Gasteiger partial charge on any atom is 0.255 e. The molecule has 0 fully saturated rings. The number of benzene rings is 3. The molecular weight excluding hydrogens is 404 g/mol. The van der Waals surface area contributed by atoms with Crippen molar-refractivity contribution in [3.05, 3.63) is 99.5 Å². The zero-order valence-electron chi connectivity index (χ0n) is 14.8. The molecule has 0 aliphatic heterocycles. The van der Waals surface area contributed by atoms with Crippen molar-refractivity contribution in [1.82, 2.24) is 5.32 Å². The van der Waals surface area contributed by atoms with Gasteiger partial charge in [-0.3, -0.25) is 9.59 Å². The normalized spacial score (nSPS) is 10.3. The minimum Gasteiger partial charge on any atom is -0.348 e. The Hall–Kier alpha value is -2.92. The molecule has 3 rings (SSSR count). The molecular formula is C22H19BrN2O2. The molecule has 0 radical (unpaired) electrons. The minimum atomic E-state index is -0.263. The first-order valence-corrected chi connectivity index (χ1v) is 9.32. The molecule has 0 aromatic heterocycles. The fourth-order valence-corrected chi connectivity index (χ4v) is 2.83. The number of carbonyl (C=O) groups is 2. The zero-order valence-corrected chi connectivity index (χ0v) is 16.4. The third kappa shape index (κ3) is 5.05. The van der Waals surface area contributed by atoms with Gasteiger partial charge in [-0.15, -0.1) is 0 Å². The zero-order chi connectivity index (χ0) is 19.2. The molecule has 2 N–H and O–H groups in total. The van der Waals surface area contributed by atoms with Crippen molar-refractivity contribution >= 4 is 33.4 Å². The molecule has 0 saturated carbocycles. The highest BCUT2D eigenvalue weighted by atomic mass is 79.9. The molecule has 0 bridgehead atoms. The van der Waals surface area contributed by atoms with Crippen LogP contribution in [0, 0.1) is 6.92 Å². The van der Waals surface area contributed by atoms with Crippen LogP contribution in [0.1, 0.15) is 31.8 Å². The second-order valence-electron chi connectivity index (χ2n) is 6.17. The molecule has 2 amide bonds. The molecule has 5 heteroatoms. The molecule has 136 valence electrons. The van der Waals surface area contributed by atoms with Crippen LogP contribution in [0.5, 0.6) is 0 Å². The lowest BCUT2D eigenvalue weighted by Crippen LogP contribution is -2.24. The van der Waals surface area contributed by atoms with E-state index in [0.717, 1.165) is 10.0 Å². The Kier molecular flexibility index (Phi) is 6.04. The number of hydrogen-bond acceptors (Lipinski definition) is 2. The highest BCUT2D eigenvalue weighted by Gasteiger charge is 2.14. The van der Waals surface area contributed by atoms with Crippen molar-refractivity contribution in [2.75, 3.05) is 5.32 Å². The number of carbonyl (C=O) groups excluding carboxylic acids is 2. The van der Waals surface area contributed by atoms with E-state index in [1.807, 2.05) is 31.2 Å². The molecule has 0 saturated heterocycles. The van der Waals surface area contributed by atoms with Crippen molar-refractivity contribution in [1.29, 1.82) is 0 Å². The Labute approximate surface area is 166 Å². The first kappa shape index (κ1) is 18.9. The predicted octanol–water partition coefficient (Wildman–Crippen LogP) is 4.94. The topological polar surface area (TPSA) is 58.2 Å². The smallest absolute Gasteiger partial charge is 0.255 e. The fourth-order valence-electron chi connectivity index (χ4n) is 2.57. The van der Waals surface area contributed by atoms with Crippen molar-refractivity contribution in [2.24, 2.45) is 0 Å². The summed E-state index contributed by atoms with van der Waals surface area (Å²) in [5.41, 5.74) is 3.62. The van der Waals surface area contributed by atoms with E-state index in [-0.39, 0.29) is 11.8 Å². The first-order valence-electron chi connectivity index (χ1n) is 8.52. The van der Waals surface area contributed by atoms with Crippen LogP contribution in [0.15, 0.2) is 77.3 Å². The van der Waals surface area contributed by atoms with Gasteiger partial charge in [0.25, 0.3) is 11.8 Å². The minimum absolute atomic E-state index is 0.234. The Morgan fingerprint density at radius 2 is 1.52 bits per heavy atom. The second-order valence-corrected chi connectivity index (χ2v) is 7.09. The van der Waals surface area contributed by atoms with Crippen LogP contribution < -0.4 is 10.6 Å². The van der Waals surface area contributed by atoms with E-state index < -0.39 is 0 Å². The third-order valence-electron chi connectivity index (χ3n) is 4.10. The van der Waals surface area contributed by atoms with Gasteiger partial charge in [-0.25, -0.2) is 0 Å². The first-order chi connectivity index (χ1) is 13.0. The number of anilines is 1. The summed E-state index contributed by atoms with van der Waals surface area (Å²) in [6.07, 6.45) is 0. The largest absolute Gasteiger partial charge is 0.348 e. The summed E-state index contributed by atoms with van der Waals surface area (Å²) in [6, 6.07) is 22.0. The number of nitrogens with one attached hydrogen (secondary N) is 2. The average Bonchev–Trinajstić information content (AvgIpc) is 2.68. The lowest BCUT2D eigenvalue weighted by molar-refractivity contribution is 0.0952. The highest BCUT2D eigenvalue weighted by Crippen LogP contribution is 2.18. The van der Waals surface area contributed by atoms with E-state index in [2.05, 4.69) is 26.6 Å². The monoisotopic (exact) mass is 422 g/mol. The summed E-state index contributed by atoms with van der Waals surface area (Å²) in [6.45, 7) is 2.45. The van der Waals surface area contributed by atoms with Crippen molar-refractivity contribution in [2.45, 2.75) is 13.5 Å². The standard InChI is InChI=1S/C22H19BrN2O2/c1-15-6-8-16(9-7-15)14-24-22(27)19-4-2-3-5-20(19)25-21(26)17-10-12-18(23)13-11-17/h2-13H,14H2,1H3,(H,24,27)(H,25,26). The molecule has 0 spiro atoms. The van der Waals surface area contributed by atoms with Crippen LogP contribution in [0.2, 0.25) is 0 Å². The SMILES string of the molecule is Cc1ccc(CNC(=O)c2ccccc2NC(=O)c2ccc(Br)cc2)cc1. The van der Waals surface area contributed by atoms with Crippen LogP contribution in [0.25, 0.3) is 0 Å². The third-order valence-corrected chi connectivity index (χ3v) is 4.63. The summed E-state index contributed by atoms with van der Waals surface area (Å²) in [5, 5.41) is 5.72. The number of hydrogen-bond donors (Lipinski definition) is 2. The fraction of sp³-hybridized carbons (Fsp3) is 0.0909. The van der Waals surface area contributed by atoms with Crippen LogP contribution in [-0.2, 0) is 6.54 Å². The molecule has 3 aromatic rings. The maximum absolute atomic E-state index is 12.6. The van der Waals surface area contributed by atoms with Gasteiger partial charge in [-0.1, -0.05) is 57.9 Å². The molecule has 27 heavy (non-hydrogen) atoms. The lowest BCUT2D eigenvalue weighted by Gasteiger charge is -2.12. The molecule has 0 aliphatic rings. The Morgan fingerprint density at radius 3 is 2.22 bits per heavy atom. The van der Waals surface area contributed by atoms with Gasteiger partial charge >= 0.3 is 0 Å². The van der Waals surface area contributed by atoms with Crippen LogP contribution >= 0.6 is 15.9 Å². The van der Waals surface area contributed by atoms with E-state index in [4.69, 9.17) is 0 Å². The Balaban J connectivity index is 1.70. The van der Waals surface area contributed by atoms with Crippen LogP contribution in [0.4, 0.5) is 5.69 Å². The second kappa shape index (κ2) is 8.64. The van der Waals surface area contributed by atoms with E-state index in [1.165, 1.54) is 5.56 Å². The average molecular weight is 423 g/mol. The van der Waals surface area contributed by atoms with Gasteiger partial charge in [0.1, 0.15) is 0 Å². The predicted molar refractivity (Wildman–Crippen MR) is 111 cm³/mol. The summed E-state index contributed by atoms with van der Waals surface area (Å²) in [7, 11) is 0. The van der Waals surface area contributed by atoms with Crippen molar-refractivity contribution < 1.29 is 9.59 Å². The van der Waals surface area contributed by atoms with Gasteiger partial charge in [0.15, 0.2) is 0 Å². The van der Waals surface area contributed by atoms with Crippen LogP contribution in [-0.4, -0.2) is 11.8 Å². The van der Waals surface area contributed by atoms with Gasteiger partial charge in [0.2, 0.25) is 0 Å². The molecule has 0 unspecified atom stereocenters. The molecule has 0 heterocycles. The molecule has 4 nitrogen and oxygen atoms in total. The van der Waals surface area contributed by atoms with Gasteiger partial charge in [-0.05, 0) is 48.9 Å². The highest BCUT2D eigenvalue weighted by molar-refractivity contribution is 9.10. The van der Waals surface area contributed by atoms with Gasteiger partial charge in [-0.2, -0.15) is 0 Å². The van der Waals surface area contributed by atoms with E-state index in [1.54, 1.807) is 48.5 Å². The number of aryl methyl sites for hydroxylation is 1. The van der Waals surface area contributed by atoms with E-state index in [0.29, 0.717) is 23.4 Å². The summed E-state index contributed by atoms with van der Waals surface area (Å²) < 4.78 is 0.898. The summed E-state index contributed by atoms with van der Waals surface area (Å²) >= 11 is 3.35. The van der Waals surface area contributed by atoms with Gasteiger partial charge in [0, 0.05) is 16.6 Å².